The third-order valence-electron chi connectivity index (χ3n) is 3.62. The average molecular weight is 381 g/mol. The molecule has 7 nitrogen and oxygen atoms in total. The highest BCUT2D eigenvalue weighted by Gasteiger charge is 2.11. The van der Waals surface area contributed by atoms with Crippen molar-refractivity contribution in [3.8, 4) is 11.5 Å². The van der Waals surface area contributed by atoms with Crippen molar-refractivity contribution in [2.75, 3.05) is 20.2 Å². The monoisotopic (exact) mass is 381 g/mol. The van der Waals surface area contributed by atoms with Crippen LogP contribution in [-0.4, -0.2) is 42.6 Å². The van der Waals surface area contributed by atoms with Gasteiger partial charge in [-0.25, -0.2) is 0 Å². The van der Waals surface area contributed by atoms with Crippen molar-refractivity contribution in [3.05, 3.63) is 42.2 Å². The molecule has 9 heteroatoms. The maximum absolute atomic E-state index is 12.5. The van der Waals surface area contributed by atoms with Crippen molar-refractivity contribution in [1.29, 1.82) is 0 Å². The van der Waals surface area contributed by atoms with Crippen LogP contribution < -0.4 is 20.1 Å². The van der Waals surface area contributed by atoms with E-state index in [9.17, 15) is 8.78 Å². The number of guanidine groups is 1. The molecule has 2 rings (SSSR count). The normalized spacial score (nSPS) is 11.5. The summed E-state index contributed by atoms with van der Waals surface area (Å²) in [5.74, 6) is 0.970. The van der Waals surface area contributed by atoms with Crippen molar-refractivity contribution in [3.63, 3.8) is 0 Å². The number of aliphatic imine (C=N–C) groups is 1. The molecular formula is C18H25F2N5O2. The fourth-order valence-corrected chi connectivity index (χ4v) is 2.41. The molecule has 27 heavy (non-hydrogen) atoms. The molecule has 0 bridgehead atoms. The molecule has 0 unspecified atom stereocenters. The molecule has 0 atom stereocenters. The minimum Gasteiger partial charge on any atom is -0.490 e. The average Bonchev–Trinajstić information content (AvgIpc) is 3.16. The second-order valence-electron chi connectivity index (χ2n) is 5.57. The molecule has 0 saturated carbocycles. The van der Waals surface area contributed by atoms with E-state index in [1.54, 1.807) is 32.3 Å². The van der Waals surface area contributed by atoms with Gasteiger partial charge in [-0.1, -0.05) is 6.07 Å². The van der Waals surface area contributed by atoms with Gasteiger partial charge >= 0.3 is 6.61 Å². The van der Waals surface area contributed by atoms with Crippen molar-refractivity contribution < 1.29 is 18.3 Å². The predicted molar refractivity (Wildman–Crippen MR) is 99.3 cm³/mol. The second kappa shape index (κ2) is 11.0. The van der Waals surface area contributed by atoms with Gasteiger partial charge in [0.05, 0.1) is 6.61 Å². The lowest BCUT2D eigenvalue weighted by Gasteiger charge is -2.15. The highest BCUT2D eigenvalue weighted by atomic mass is 19.3. The lowest BCUT2D eigenvalue weighted by Crippen LogP contribution is -2.37. The Morgan fingerprint density at radius 2 is 2.15 bits per heavy atom. The largest absolute Gasteiger partial charge is 0.490 e. The molecule has 0 aliphatic heterocycles. The van der Waals surface area contributed by atoms with Gasteiger partial charge in [-0.05, 0) is 37.1 Å². The summed E-state index contributed by atoms with van der Waals surface area (Å²) >= 11 is 0. The first-order valence-corrected chi connectivity index (χ1v) is 8.74. The highest BCUT2D eigenvalue weighted by Crippen LogP contribution is 2.29. The lowest BCUT2D eigenvalue weighted by molar-refractivity contribution is -0.0514. The molecule has 2 N–H and O–H groups in total. The number of alkyl halides is 2. The van der Waals surface area contributed by atoms with Crippen LogP contribution in [0.4, 0.5) is 8.78 Å². The number of benzene rings is 1. The fourth-order valence-electron chi connectivity index (χ4n) is 2.41. The number of hydrogen-bond acceptors (Lipinski definition) is 4. The van der Waals surface area contributed by atoms with Crippen LogP contribution in [0.2, 0.25) is 0 Å². The van der Waals surface area contributed by atoms with E-state index < -0.39 is 6.61 Å². The summed E-state index contributed by atoms with van der Waals surface area (Å²) in [6, 6.07) is 6.76. The van der Waals surface area contributed by atoms with Gasteiger partial charge in [0.15, 0.2) is 17.5 Å². The van der Waals surface area contributed by atoms with Gasteiger partial charge in [0.2, 0.25) is 0 Å². The molecule has 148 valence electrons. The lowest BCUT2D eigenvalue weighted by atomic mass is 10.2. The molecule has 0 amide bonds. The quantitative estimate of drug-likeness (QED) is 0.376. The summed E-state index contributed by atoms with van der Waals surface area (Å²) in [5.41, 5.74) is 0.861. The van der Waals surface area contributed by atoms with E-state index in [1.807, 2.05) is 16.9 Å². The number of nitrogens with zero attached hydrogens (tertiary/aromatic N) is 3. The molecule has 0 spiro atoms. The Bertz CT molecular complexity index is 708. The standard InChI is InChI=1S/C18H25F2N5O2/c1-3-26-16-12-14(6-7-15(16)27-17(19)20)13-23-18(21-2)22-8-4-10-25-11-5-9-24-25/h5-7,9,11-12,17H,3-4,8,10,13H2,1-2H3,(H2,21,22,23). The summed E-state index contributed by atoms with van der Waals surface area (Å²) in [6.45, 7) is 1.28. The van der Waals surface area contributed by atoms with E-state index in [4.69, 9.17) is 4.74 Å². The van der Waals surface area contributed by atoms with Crippen LogP contribution in [0.5, 0.6) is 11.5 Å². The predicted octanol–water partition coefficient (Wildman–Crippen LogP) is 2.64. The zero-order chi connectivity index (χ0) is 19.5. The first kappa shape index (κ1) is 20.5. The number of aromatic nitrogens is 2. The minimum atomic E-state index is -2.89. The number of hydrogen-bond donors (Lipinski definition) is 2. The topological polar surface area (TPSA) is 72.7 Å². The number of nitrogens with one attached hydrogen (secondary N) is 2. The van der Waals surface area contributed by atoms with Gasteiger partial charge in [0.25, 0.3) is 0 Å². The van der Waals surface area contributed by atoms with Gasteiger partial charge in [-0.2, -0.15) is 13.9 Å². The zero-order valence-corrected chi connectivity index (χ0v) is 15.5. The number of ether oxygens (including phenoxy) is 2. The molecule has 0 saturated heterocycles. The fraction of sp³-hybridized carbons (Fsp3) is 0.444. The van der Waals surface area contributed by atoms with E-state index in [-0.39, 0.29) is 5.75 Å². The Balaban J connectivity index is 1.83. The SMILES string of the molecule is CCOc1cc(CNC(=NC)NCCCn2cccn2)ccc1OC(F)F. The molecule has 0 aliphatic carbocycles. The van der Waals surface area contributed by atoms with E-state index in [0.29, 0.717) is 24.9 Å². The van der Waals surface area contributed by atoms with E-state index in [1.165, 1.54) is 6.07 Å². The Morgan fingerprint density at radius 1 is 1.30 bits per heavy atom. The smallest absolute Gasteiger partial charge is 0.387 e. The molecule has 0 fully saturated rings. The van der Waals surface area contributed by atoms with E-state index >= 15 is 0 Å². The van der Waals surface area contributed by atoms with Crippen LogP contribution >= 0.6 is 0 Å². The van der Waals surface area contributed by atoms with Crippen LogP contribution in [0.1, 0.15) is 18.9 Å². The maximum Gasteiger partial charge on any atom is 0.387 e. The second-order valence-corrected chi connectivity index (χ2v) is 5.57. The van der Waals surface area contributed by atoms with E-state index in [0.717, 1.165) is 25.1 Å². The summed E-state index contributed by atoms with van der Waals surface area (Å²) in [6.07, 6.45) is 4.57. The molecule has 0 radical (unpaired) electrons. The van der Waals surface area contributed by atoms with Crippen molar-refractivity contribution in [1.82, 2.24) is 20.4 Å². The zero-order valence-electron chi connectivity index (χ0n) is 15.5. The Kier molecular flexibility index (Phi) is 8.34. The highest BCUT2D eigenvalue weighted by molar-refractivity contribution is 5.79. The molecule has 2 aromatic rings. The van der Waals surface area contributed by atoms with Crippen LogP contribution in [0, 0.1) is 0 Å². The van der Waals surface area contributed by atoms with Gasteiger partial charge in [0, 0.05) is 39.1 Å². The minimum absolute atomic E-state index is 0.0247. The van der Waals surface area contributed by atoms with Crippen LogP contribution in [-0.2, 0) is 13.1 Å². The molecular weight excluding hydrogens is 356 g/mol. The Morgan fingerprint density at radius 3 is 2.81 bits per heavy atom. The molecule has 1 heterocycles. The van der Waals surface area contributed by atoms with Gasteiger partial charge in [-0.15, -0.1) is 0 Å². The number of rotatable bonds is 10. The van der Waals surface area contributed by atoms with Crippen molar-refractivity contribution in [2.45, 2.75) is 33.0 Å². The third kappa shape index (κ3) is 7.12. The van der Waals surface area contributed by atoms with E-state index in [2.05, 4.69) is 25.5 Å². The van der Waals surface area contributed by atoms with Crippen LogP contribution in [0.15, 0.2) is 41.7 Å². The van der Waals surface area contributed by atoms with Gasteiger partial charge in [-0.3, -0.25) is 9.67 Å². The Labute approximate surface area is 157 Å². The maximum atomic E-state index is 12.5. The summed E-state index contributed by atoms with van der Waals surface area (Å²) in [4.78, 5) is 4.17. The van der Waals surface area contributed by atoms with Crippen molar-refractivity contribution in [2.24, 2.45) is 4.99 Å². The number of aryl methyl sites for hydroxylation is 1. The van der Waals surface area contributed by atoms with Crippen molar-refractivity contribution >= 4 is 5.96 Å². The van der Waals surface area contributed by atoms with Crippen LogP contribution in [0.3, 0.4) is 0 Å². The first-order chi connectivity index (χ1) is 13.1. The van der Waals surface area contributed by atoms with Crippen LogP contribution in [0.25, 0.3) is 0 Å². The van der Waals surface area contributed by atoms with Gasteiger partial charge in [0.1, 0.15) is 0 Å². The summed E-state index contributed by atoms with van der Waals surface area (Å²) < 4.78 is 36.6. The first-order valence-electron chi connectivity index (χ1n) is 8.74. The third-order valence-corrected chi connectivity index (χ3v) is 3.62. The molecule has 0 aliphatic rings. The van der Waals surface area contributed by atoms with Gasteiger partial charge < -0.3 is 20.1 Å². The summed E-state index contributed by atoms with van der Waals surface area (Å²) in [7, 11) is 1.69. The number of halogens is 2. The Hall–Kier alpha value is -2.84. The summed E-state index contributed by atoms with van der Waals surface area (Å²) in [5, 5.41) is 10.6. The molecule has 1 aromatic heterocycles. The molecule has 1 aromatic carbocycles.